The summed E-state index contributed by atoms with van der Waals surface area (Å²) in [4.78, 5) is 6.49. The van der Waals surface area contributed by atoms with E-state index in [1.54, 1.807) is 7.05 Å². The number of hydrogen-bond donors (Lipinski definition) is 2. The van der Waals surface area contributed by atoms with E-state index in [2.05, 4.69) is 45.4 Å². The number of nitrogens with zero attached hydrogens (tertiary/aromatic N) is 2. The Morgan fingerprint density at radius 3 is 2.75 bits per heavy atom. The minimum absolute atomic E-state index is 0.302. The van der Waals surface area contributed by atoms with Gasteiger partial charge in [0.15, 0.2) is 0 Å². The van der Waals surface area contributed by atoms with Crippen LogP contribution in [-0.4, -0.2) is 46.3 Å². The van der Waals surface area contributed by atoms with E-state index in [0.29, 0.717) is 12.3 Å². The second kappa shape index (κ2) is 7.26. The van der Waals surface area contributed by atoms with E-state index in [0.717, 1.165) is 45.7 Å². The van der Waals surface area contributed by atoms with Gasteiger partial charge in [0.05, 0.1) is 15.8 Å². The molecule has 28 heavy (non-hydrogen) atoms. The Balaban J connectivity index is 1.91. The fraction of sp³-hybridized carbons (Fsp3) is 0.364. The summed E-state index contributed by atoms with van der Waals surface area (Å²) in [7, 11) is -0.792. The van der Waals surface area contributed by atoms with Gasteiger partial charge in [-0.15, -0.1) is 0 Å². The van der Waals surface area contributed by atoms with Gasteiger partial charge < -0.3 is 15.0 Å². The first kappa shape index (κ1) is 19.0. The zero-order valence-corrected chi connectivity index (χ0v) is 17.4. The van der Waals surface area contributed by atoms with Gasteiger partial charge in [0.2, 0.25) is 0 Å². The second-order valence-electron chi connectivity index (χ2n) is 7.45. The molecule has 3 aromatic rings. The highest BCUT2D eigenvalue weighted by atomic mass is 32.2. The van der Waals surface area contributed by atoms with Gasteiger partial charge in [0.25, 0.3) is 0 Å². The van der Waals surface area contributed by atoms with Gasteiger partial charge in [0, 0.05) is 58.6 Å². The molecule has 1 aromatic heterocycles. The van der Waals surface area contributed by atoms with Crippen LogP contribution in [0.15, 0.2) is 51.7 Å². The highest BCUT2D eigenvalue weighted by molar-refractivity contribution is 7.93. The van der Waals surface area contributed by atoms with Crippen LogP contribution in [0.5, 0.6) is 0 Å². The van der Waals surface area contributed by atoms with Crippen LogP contribution in [0, 0.1) is 6.92 Å². The van der Waals surface area contributed by atoms with E-state index in [4.69, 9.17) is 0 Å². The third-order valence-electron chi connectivity index (χ3n) is 5.59. The lowest BCUT2D eigenvalue weighted by Crippen LogP contribution is -2.22. The van der Waals surface area contributed by atoms with Crippen LogP contribution in [0.4, 0.5) is 5.69 Å². The molecule has 4 rings (SSSR count). The van der Waals surface area contributed by atoms with Gasteiger partial charge in [-0.2, -0.15) is 0 Å². The van der Waals surface area contributed by atoms with Crippen LogP contribution in [0.3, 0.4) is 0 Å². The van der Waals surface area contributed by atoms with Gasteiger partial charge in [-0.3, -0.25) is 0 Å². The van der Waals surface area contributed by atoms with Gasteiger partial charge in [-0.25, -0.2) is 8.57 Å². The number of aliphatic hydroxyl groups is 1. The molecule has 0 saturated carbocycles. The van der Waals surface area contributed by atoms with Crippen molar-refractivity contribution in [3.8, 4) is 11.3 Å². The number of nitrogens with one attached hydrogen (secondary N) is 1. The number of H-pyrrole nitrogens is 1. The maximum absolute atomic E-state index is 13.2. The molecular formula is C22H27N3O2S. The maximum Gasteiger partial charge on any atom is 0.0747 e. The fourth-order valence-electron chi connectivity index (χ4n) is 3.95. The maximum atomic E-state index is 13.2. The summed E-state index contributed by atoms with van der Waals surface area (Å²) in [5.41, 5.74) is 5.34. The Hall–Kier alpha value is -2.31. The van der Waals surface area contributed by atoms with Crippen LogP contribution in [0.25, 0.3) is 22.2 Å². The standard InChI is InChI=1S/C22H27N3O2S/c1-4-28(27,23-3)18-7-8-22(25-10-9-17(26)14-25)19(13-18)21-12-16-6-5-15(2)11-20(16)24-21/h5-8,11-13,17,24,26H,4,9-10,14H2,1-3H3/t17-,28?/m0/s1. The van der Waals surface area contributed by atoms with Crippen molar-refractivity contribution < 1.29 is 9.32 Å². The zero-order chi connectivity index (χ0) is 19.9. The smallest absolute Gasteiger partial charge is 0.0747 e. The molecule has 5 nitrogen and oxygen atoms in total. The summed E-state index contributed by atoms with van der Waals surface area (Å²) < 4.78 is 17.4. The second-order valence-corrected chi connectivity index (χ2v) is 10.1. The number of anilines is 1. The largest absolute Gasteiger partial charge is 0.391 e. The summed E-state index contributed by atoms with van der Waals surface area (Å²) in [6.45, 7) is 5.42. The number of hydrogen-bond acceptors (Lipinski definition) is 4. The number of aryl methyl sites for hydroxylation is 1. The fourth-order valence-corrected chi connectivity index (χ4v) is 5.34. The van der Waals surface area contributed by atoms with Gasteiger partial charge >= 0.3 is 0 Å². The van der Waals surface area contributed by atoms with Gasteiger partial charge in [-0.05, 0) is 49.2 Å². The lowest BCUT2D eigenvalue weighted by Gasteiger charge is -2.22. The Labute approximate surface area is 166 Å². The monoisotopic (exact) mass is 397 g/mol. The molecule has 0 spiro atoms. The Morgan fingerprint density at radius 1 is 1.25 bits per heavy atom. The van der Waals surface area contributed by atoms with Crippen LogP contribution >= 0.6 is 0 Å². The Bertz CT molecular complexity index is 1140. The van der Waals surface area contributed by atoms with Crippen molar-refractivity contribution in [2.75, 3.05) is 30.8 Å². The third-order valence-corrected chi connectivity index (χ3v) is 7.96. The molecule has 2 N–H and O–H groups in total. The van der Waals surface area contributed by atoms with Gasteiger partial charge in [0.1, 0.15) is 0 Å². The number of aliphatic hydroxyl groups excluding tert-OH is 1. The molecule has 1 fully saturated rings. The summed E-state index contributed by atoms with van der Waals surface area (Å²) >= 11 is 0. The number of β-amino-alcohol motifs (C(OH)–C–C–N with tert-alkyl or cyclic N) is 1. The molecule has 2 aromatic carbocycles. The molecule has 0 radical (unpaired) electrons. The van der Waals surface area contributed by atoms with E-state index in [-0.39, 0.29) is 6.10 Å². The molecule has 0 bridgehead atoms. The van der Waals surface area contributed by atoms with E-state index in [9.17, 15) is 9.32 Å². The van der Waals surface area contributed by atoms with Crippen LogP contribution in [0.2, 0.25) is 0 Å². The molecular weight excluding hydrogens is 370 g/mol. The van der Waals surface area contributed by atoms with Gasteiger partial charge in [-0.1, -0.05) is 19.1 Å². The lowest BCUT2D eigenvalue weighted by atomic mass is 10.1. The van der Waals surface area contributed by atoms with Crippen molar-refractivity contribution in [2.45, 2.75) is 31.3 Å². The van der Waals surface area contributed by atoms with Crippen molar-refractivity contribution in [2.24, 2.45) is 4.36 Å². The number of aromatic nitrogens is 1. The predicted octanol–water partition coefficient (Wildman–Crippen LogP) is 4.19. The lowest BCUT2D eigenvalue weighted by molar-refractivity contribution is 0.198. The summed E-state index contributed by atoms with van der Waals surface area (Å²) in [5, 5.41) is 11.2. The third kappa shape index (κ3) is 3.31. The molecule has 2 atom stereocenters. The van der Waals surface area contributed by atoms with E-state index in [1.807, 2.05) is 25.1 Å². The van der Waals surface area contributed by atoms with E-state index < -0.39 is 9.73 Å². The number of fused-ring (bicyclic) bond motifs is 1. The Kier molecular flexibility index (Phi) is 4.93. The van der Waals surface area contributed by atoms with Crippen molar-refractivity contribution in [3.63, 3.8) is 0 Å². The molecule has 1 aliphatic heterocycles. The number of benzene rings is 2. The highest BCUT2D eigenvalue weighted by Crippen LogP contribution is 2.36. The van der Waals surface area contributed by atoms with Crippen LogP contribution in [-0.2, 0) is 9.73 Å². The first-order valence-corrected chi connectivity index (χ1v) is 11.4. The van der Waals surface area contributed by atoms with E-state index in [1.165, 1.54) is 5.56 Å². The Morgan fingerprint density at radius 2 is 2.07 bits per heavy atom. The average molecular weight is 398 g/mol. The highest BCUT2D eigenvalue weighted by Gasteiger charge is 2.24. The average Bonchev–Trinajstić information content (AvgIpc) is 3.32. The quantitative estimate of drug-likeness (QED) is 0.694. The SMILES string of the molecule is CCS(=O)(=NC)c1ccc(N2CC[C@H](O)C2)c(-c2cc3ccc(C)cc3[nH]2)c1. The minimum atomic E-state index is -2.42. The van der Waals surface area contributed by atoms with Crippen LogP contribution in [0.1, 0.15) is 18.9 Å². The van der Waals surface area contributed by atoms with Crippen molar-refractivity contribution in [1.82, 2.24) is 4.98 Å². The normalized spacial score (nSPS) is 19.1. The van der Waals surface area contributed by atoms with Crippen molar-refractivity contribution in [1.29, 1.82) is 0 Å². The first-order chi connectivity index (χ1) is 13.4. The summed E-state index contributed by atoms with van der Waals surface area (Å²) in [6.07, 6.45) is 0.465. The summed E-state index contributed by atoms with van der Waals surface area (Å²) in [5.74, 6) is 0.483. The van der Waals surface area contributed by atoms with Crippen molar-refractivity contribution >= 4 is 26.3 Å². The predicted molar refractivity (Wildman–Crippen MR) is 117 cm³/mol. The zero-order valence-electron chi connectivity index (χ0n) is 16.6. The molecule has 1 unspecified atom stereocenters. The minimum Gasteiger partial charge on any atom is -0.391 e. The molecule has 1 aliphatic rings. The number of rotatable bonds is 4. The molecule has 6 heteroatoms. The molecule has 0 aliphatic carbocycles. The molecule has 148 valence electrons. The topological polar surface area (TPSA) is 68.7 Å². The van der Waals surface area contributed by atoms with Crippen molar-refractivity contribution in [3.05, 3.63) is 48.0 Å². The first-order valence-electron chi connectivity index (χ1n) is 9.73. The van der Waals surface area contributed by atoms with E-state index >= 15 is 0 Å². The summed E-state index contributed by atoms with van der Waals surface area (Å²) in [6, 6.07) is 14.5. The van der Waals surface area contributed by atoms with Crippen LogP contribution < -0.4 is 4.90 Å². The molecule has 0 amide bonds. The molecule has 2 heterocycles. The molecule has 1 saturated heterocycles. The number of aromatic amines is 1.